The Morgan fingerprint density at radius 1 is 1.18 bits per heavy atom. The van der Waals surface area contributed by atoms with Crippen molar-refractivity contribution in [3.05, 3.63) is 59.9 Å². The van der Waals surface area contributed by atoms with E-state index in [9.17, 15) is 9.59 Å². The zero-order valence-corrected chi connectivity index (χ0v) is 19.8. The Bertz CT molecular complexity index is 1190. The Morgan fingerprint density at radius 3 is 2.68 bits per heavy atom. The lowest BCUT2D eigenvalue weighted by molar-refractivity contribution is -0.128. The van der Waals surface area contributed by atoms with E-state index in [4.69, 9.17) is 9.47 Å². The summed E-state index contributed by atoms with van der Waals surface area (Å²) < 4.78 is 12.9. The first-order valence-corrected chi connectivity index (χ1v) is 11.4. The first kappa shape index (κ1) is 23.3. The van der Waals surface area contributed by atoms with E-state index in [1.165, 1.54) is 0 Å². The summed E-state index contributed by atoms with van der Waals surface area (Å²) in [6.45, 7) is 5.91. The van der Waals surface area contributed by atoms with Crippen LogP contribution in [0.4, 0.5) is 5.69 Å². The van der Waals surface area contributed by atoms with Gasteiger partial charge >= 0.3 is 0 Å². The second-order valence-electron chi connectivity index (χ2n) is 8.15. The van der Waals surface area contributed by atoms with Crippen LogP contribution in [0.3, 0.4) is 0 Å². The minimum atomic E-state index is -0.826. The van der Waals surface area contributed by atoms with Crippen molar-refractivity contribution in [2.45, 2.75) is 45.8 Å². The maximum Gasteiger partial charge on any atom is 0.281 e. The fourth-order valence-corrected chi connectivity index (χ4v) is 3.99. The van der Waals surface area contributed by atoms with Crippen LogP contribution in [0.5, 0.6) is 11.5 Å². The van der Waals surface area contributed by atoms with Crippen LogP contribution in [0.25, 0.3) is 5.69 Å². The summed E-state index contributed by atoms with van der Waals surface area (Å²) >= 11 is 0. The molecule has 4 rings (SSSR count). The molecular weight excluding hydrogens is 434 g/mol. The molecule has 9 heteroatoms. The Balaban J connectivity index is 1.64. The molecule has 178 valence electrons. The van der Waals surface area contributed by atoms with Crippen LogP contribution in [0.1, 0.15) is 42.9 Å². The van der Waals surface area contributed by atoms with Gasteiger partial charge in [-0.05, 0) is 44.0 Å². The molecular formula is C25H29N5O4. The molecule has 0 radical (unpaired) electrons. The van der Waals surface area contributed by atoms with Gasteiger partial charge in [-0.3, -0.25) is 14.5 Å². The van der Waals surface area contributed by atoms with Crippen LogP contribution in [-0.2, 0) is 4.79 Å². The van der Waals surface area contributed by atoms with E-state index in [1.807, 2.05) is 50.2 Å². The number of amides is 2. The standard InChI is InChI=1S/C25H29N5O4/c1-5-17(6-2)26-24(31)22-15-29(20-12-7-8-13-21(20)34-22)25(32)23-16(3)30(28-27-23)18-10-9-11-19(14-18)33-4/h7-14,17,22H,5-6,15H2,1-4H3,(H,26,31). The van der Waals surface area contributed by atoms with Gasteiger partial charge in [-0.15, -0.1) is 5.10 Å². The topological polar surface area (TPSA) is 98.6 Å². The number of nitrogens with zero attached hydrogens (tertiary/aromatic N) is 4. The van der Waals surface area contributed by atoms with Crippen molar-refractivity contribution in [3.63, 3.8) is 0 Å². The third-order valence-electron chi connectivity index (χ3n) is 6.04. The zero-order chi connectivity index (χ0) is 24.2. The van der Waals surface area contributed by atoms with E-state index in [2.05, 4.69) is 15.6 Å². The van der Waals surface area contributed by atoms with Crippen LogP contribution in [0.15, 0.2) is 48.5 Å². The van der Waals surface area contributed by atoms with E-state index in [0.717, 1.165) is 18.5 Å². The number of carbonyl (C=O) groups excluding carboxylic acids is 2. The molecule has 9 nitrogen and oxygen atoms in total. The van der Waals surface area contributed by atoms with E-state index < -0.39 is 6.10 Å². The number of hydrogen-bond acceptors (Lipinski definition) is 6. The number of aromatic nitrogens is 3. The molecule has 1 aromatic heterocycles. The van der Waals surface area contributed by atoms with Crippen LogP contribution >= 0.6 is 0 Å². The zero-order valence-electron chi connectivity index (χ0n) is 19.8. The van der Waals surface area contributed by atoms with Crippen LogP contribution in [-0.4, -0.2) is 52.6 Å². The molecule has 1 unspecified atom stereocenters. The maximum atomic E-state index is 13.7. The van der Waals surface area contributed by atoms with Gasteiger partial charge in [-0.1, -0.05) is 37.3 Å². The lowest BCUT2D eigenvalue weighted by atomic mass is 10.1. The average Bonchev–Trinajstić information content (AvgIpc) is 3.27. The van der Waals surface area contributed by atoms with Gasteiger partial charge in [0, 0.05) is 12.1 Å². The number of rotatable bonds is 7. The Morgan fingerprint density at radius 2 is 1.94 bits per heavy atom. The molecule has 0 aliphatic carbocycles. The molecule has 0 bridgehead atoms. The van der Waals surface area contributed by atoms with Crippen molar-refractivity contribution in [2.75, 3.05) is 18.6 Å². The number of methoxy groups -OCH3 is 1. The third kappa shape index (κ3) is 4.46. The van der Waals surface area contributed by atoms with E-state index >= 15 is 0 Å². The number of fused-ring (bicyclic) bond motifs is 1. The monoisotopic (exact) mass is 463 g/mol. The molecule has 0 saturated carbocycles. The highest BCUT2D eigenvalue weighted by molar-refractivity contribution is 6.07. The number of anilines is 1. The van der Waals surface area contributed by atoms with Crippen molar-refractivity contribution >= 4 is 17.5 Å². The minimum absolute atomic E-state index is 0.0578. The van der Waals surface area contributed by atoms with Gasteiger partial charge in [0.15, 0.2) is 11.8 Å². The molecule has 0 saturated heterocycles. The van der Waals surface area contributed by atoms with Crippen molar-refractivity contribution in [3.8, 4) is 17.2 Å². The van der Waals surface area contributed by atoms with Crippen molar-refractivity contribution in [1.82, 2.24) is 20.3 Å². The third-order valence-corrected chi connectivity index (χ3v) is 6.04. The molecule has 1 aliphatic heterocycles. The molecule has 2 heterocycles. The number of benzene rings is 2. The largest absolute Gasteiger partial charge is 0.497 e. The molecule has 1 N–H and O–H groups in total. The van der Waals surface area contributed by atoms with E-state index in [0.29, 0.717) is 22.9 Å². The van der Waals surface area contributed by atoms with Crippen LogP contribution in [0.2, 0.25) is 0 Å². The summed E-state index contributed by atoms with van der Waals surface area (Å²) in [5.41, 5.74) is 2.11. The Labute approximate surface area is 198 Å². The molecule has 1 atom stereocenters. The van der Waals surface area contributed by atoms with Crippen LogP contribution < -0.4 is 19.7 Å². The highest BCUT2D eigenvalue weighted by Gasteiger charge is 2.36. The quantitative estimate of drug-likeness (QED) is 0.577. The lowest BCUT2D eigenvalue weighted by Gasteiger charge is -2.34. The number of hydrogen-bond donors (Lipinski definition) is 1. The van der Waals surface area contributed by atoms with E-state index in [-0.39, 0.29) is 30.1 Å². The number of para-hydroxylation sites is 2. The number of ether oxygens (including phenoxy) is 2. The SMILES string of the molecule is CCC(CC)NC(=O)C1CN(C(=O)c2nnn(-c3cccc(OC)c3)c2C)c2ccccc2O1. The summed E-state index contributed by atoms with van der Waals surface area (Å²) in [6, 6.07) is 14.6. The molecule has 0 fully saturated rings. The average molecular weight is 464 g/mol. The first-order chi connectivity index (χ1) is 16.5. The van der Waals surface area contributed by atoms with Crippen molar-refractivity contribution < 1.29 is 19.1 Å². The van der Waals surface area contributed by atoms with Gasteiger partial charge in [-0.2, -0.15) is 0 Å². The van der Waals surface area contributed by atoms with Crippen molar-refractivity contribution in [1.29, 1.82) is 0 Å². The Kier molecular flexibility index (Phi) is 6.81. The predicted molar refractivity (Wildman–Crippen MR) is 128 cm³/mol. The Hall–Kier alpha value is -3.88. The summed E-state index contributed by atoms with van der Waals surface area (Å²) in [5.74, 6) is 0.568. The molecule has 2 amide bonds. The molecule has 1 aliphatic rings. The van der Waals surface area contributed by atoms with Gasteiger partial charge in [0.2, 0.25) is 0 Å². The normalized spacial score (nSPS) is 15.0. The second kappa shape index (κ2) is 9.94. The molecule has 2 aromatic carbocycles. The predicted octanol–water partition coefficient (Wildman–Crippen LogP) is 3.30. The summed E-state index contributed by atoms with van der Waals surface area (Å²) in [6.07, 6.45) is 0.815. The van der Waals surface area contributed by atoms with E-state index in [1.54, 1.807) is 35.7 Å². The lowest BCUT2D eigenvalue weighted by Crippen LogP contribution is -2.52. The van der Waals surface area contributed by atoms with Gasteiger partial charge in [-0.25, -0.2) is 4.68 Å². The fraction of sp³-hybridized carbons (Fsp3) is 0.360. The van der Waals surface area contributed by atoms with Crippen molar-refractivity contribution in [2.24, 2.45) is 0 Å². The molecule has 3 aromatic rings. The van der Waals surface area contributed by atoms with Gasteiger partial charge in [0.25, 0.3) is 11.8 Å². The summed E-state index contributed by atoms with van der Waals surface area (Å²) in [4.78, 5) is 28.1. The maximum absolute atomic E-state index is 13.7. The van der Waals surface area contributed by atoms with Gasteiger partial charge < -0.3 is 14.8 Å². The highest BCUT2D eigenvalue weighted by Crippen LogP contribution is 2.34. The smallest absolute Gasteiger partial charge is 0.281 e. The first-order valence-electron chi connectivity index (χ1n) is 11.4. The summed E-state index contributed by atoms with van der Waals surface area (Å²) in [7, 11) is 1.59. The summed E-state index contributed by atoms with van der Waals surface area (Å²) in [5, 5.41) is 11.4. The van der Waals surface area contributed by atoms with Crippen LogP contribution in [0, 0.1) is 6.92 Å². The highest BCUT2D eigenvalue weighted by atomic mass is 16.5. The number of nitrogens with one attached hydrogen (secondary N) is 1. The number of carbonyl (C=O) groups is 2. The van der Waals surface area contributed by atoms with Gasteiger partial charge in [0.05, 0.1) is 30.7 Å². The fourth-order valence-electron chi connectivity index (χ4n) is 3.99. The second-order valence-corrected chi connectivity index (χ2v) is 8.15. The molecule has 34 heavy (non-hydrogen) atoms. The minimum Gasteiger partial charge on any atom is -0.497 e. The van der Waals surface area contributed by atoms with Gasteiger partial charge in [0.1, 0.15) is 11.5 Å². The molecule has 0 spiro atoms.